The molecule has 0 fully saturated rings. The van der Waals surface area contributed by atoms with Crippen molar-refractivity contribution >= 4 is 33.9 Å². The summed E-state index contributed by atoms with van der Waals surface area (Å²) < 4.78 is 29.0. The molecule has 0 saturated heterocycles. The highest BCUT2D eigenvalue weighted by Crippen LogP contribution is 2.37. The van der Waals surface area contributed by atoms with E-state index in [2.05, 4.69) is 5.32 Å². The molecule has 3 rings (SSSR count). The second kappa shape index (κ2) is 6.86. The second-order valence-electron chi connectivity index (χ2n) is 6.19. The fourth-order valence-electron chi connectivity index (χ4n) is 3.18. The molecule has 2 aromatic carbocycles. The van der Waals surface area contributed by atoms with E-state index < -0.39 is 50.6 Å². The highest BCUT2D eigenvalue weighted by Gasteiger charge is 2.28. The van der Waals surface area contributed by atoms with Gasteiger partial charge in [-0.15, -0.1) is 0 Å². The number of aromatic carboxylic acids is 1. The first-order valence-electron chi connectivity index (χ1n) is 8.11. The number of carboxylic acid groups (broad SMARTS) is 1. The number of carbonyl (C=O) groups is 1. The van der Waals surface area contributed by atoms with Crippen LogP contribution in [0.4, 0.5) is 25.8 Å². The standard InChI is InChI=1S/C18H14F2N4O5/c1-7-3-8-15(16(24(28)29)14(7)22-2)23(6-9(17(8)25)18(26)27)13-5-12(21)10(19)4-11(13)20/h3-6,22H,21H2,1-2H3,(H,26,27). The number of halogens is 2. The Morgan fingerprint density at radius 1 is 1.28 bits per heavy atom. The summed E-state index contributed by atoms with van der Waals surface area (Å²) in [4.78, 5) is 35.3. The molecule has 0 bridgehead atoms. The van der Waals surface area contributed by atoms with Crippen molar-refractivity contribution in [1.82, 2.24) is 4.57 Å². The summed E-state index contributed by atoms with van der Waals surface area (Å²) in [5.41, 5.74) is 2.28. The van der Waals surface area contributed by atoms with Gasteiger partial charge in [0.2, 0.25) is 5.43 Å². The first-order chi connectivity index (χ1) is 13.6. The zero-order valence-electron chi connectivity index (χ0n) is 15.1. The number of nitrogens with one attached hydrogen (secondary N) is 1. The van der Waals surface area contributed by atoms with Crippen molar-refractivity contribution in [1.29, 1.82) is 0 Å². The largest absolute Gasteiger partial charge is 0.477 e. The Hall–Kier alpha value is -4.02. The highest BCUT2D eigenvalue weighted by molar-refractivity contribution is 6.00. The number of aromatic nitrogens is 1. The number of hydrogen-bond acceptors (Lipinski definition) is 6. The minimum absolute atomic E-state index is 0.0502. The molecule has 0 unspecified atom stereocenters. The summed E-state index contributed by atoms with van der Waals surface area (Å²) >= 11 is 0. The van der Waals surface area contributed by atoms with Crippen molar-refractivity contribution < 1.29 is 23.6 Å². The number of rotatable bonds is 4. The van der Waals surface area contributed by atoms with E-state index in [0.29, 0.717) is 11.6 Å². The van der Waals surface area contributed by atoms with Gasteiger partial charge in [-0.05, 0) is 24.6 Å². The van der Waals surface area contributed by atoms with Crippen LogP contribution in [0, 0.1) is 28.7 Å². The van der Waals surface area contributed by atoms with Gasteiger partial charge in [-0.2, -0.15) is 0 Å². The quantitative estimate of drug-likeness (QED) is 0.345. The van der Waals surface area contributed by atoms with Gasteiger partial charge in [0, 0.05) is 19.3 Å². The topological polar surface area (TPSA) is 140 Å². The number of nitrogens with two attached hydrogens (primary N) is 1. The molecule has 150 valence electrons. The number of fused-ring (bicyclic) bond motifs is 1. The van der Waals surface area contributed by atoms with Crippen LogP contribution in [0.3, 0.4) is 0 Å². The van der Waals surface area contributed by atoms with Crippen LogP contribution < -0.4 is 16.5 Å². The van der Waals surface area contributed by atoms with Crippen molar-refractivity contribution in [2.45, 2.75) is 6.92 Å². The maximum absolute atomic E-state index is 14.5. The normalized spacial score (nSPS) is 10.9. The Morgan fingerprint density at radius 3 is 2.48 bits per heavy atom. The van der Waals surface area contributed by atoms with Crippen molar-refractivity contribution in [3.05, 3.63) is 67.5 Å². The number of nitrogens with zero attached hydrogens (tertiary/aromatic N) is 2. The molecule has 0 amide bonds. The van der Waals surface area contributed by atoms with Gasteiger partial charge >= 0.3 is 11.7 Å². The lowest BCUT2D eigenvalue weighted by Gasteiger charge is -2.17. The Balaban J connectivity index is 2.67. The fourth-order valence-corrected chi connectivity index (χ4v) is 3.18. The van der Waals surface area contributed by atoms with Crippen LogP contribution in [0.5, 0.6) is 0 Å². The molecule has 9 nitrogen and oxygen atoms in total. The van der Waals surface area contributed by atoms with E-state index in [1.165, 1.54) is 20.0 Å². The Labute approximate surface area is 161 Å². The van der Waals surface area contributed by atoms with Gasteiger partial charge in [-0.25, -0.2) is 13.6 Å². The molecule has 3 aromatic rings. The summed E-state index contributed by atoms with van der Waals surface area (Å²) in [6.07, 6.45) is 0.754. The van der Waals surface area contributed by atoms with Crippen molar-refractivity contribution in [2.24, 2.45) is 0 Å². The van der Waals surface area contributed by atoms with Crippen LogP contribution in [0.25, 0.3) is 16.6 Å². The number of nitro benzene ring substituents is 1. The molecule has 0 aliphatic heterocycles. The number of anilines is 2. The molecule has 1 aromatic heterocycles. The monoisotopic (exact) mass is 404 g/mol. The number of carboxylic acids is 1. The van der Waals surface area contributed by atoms with Crippen LogP contribution in [0.15, 0.2) is 29.2 Å². The Morgan fingerprint density at radius 2 is 1.93 bits per heavy atom. The molecule has 0 saturated carbocycles. The number of nitrogen functional groups attached to an aromatic ring is 1. The maximum atomic E-state index is 14.5. The number of benzene rings is 2. The lowest BCUT2D eigenvalue weighted by Crippen LogP contribution is -2.20. The molecule has 0 aliphatic rings. The third kappa shape index (κ3) is 3.02. The van der Waals surface area contributed by atoms with Gasteiger partial charge in [0.25, 0.3) is 0 Å². The summed E-state index contributed by atoms with van der Waals surface area (Å²) in [6, 6.07) is 2.60. The van der Waals surface area contributed by atoms with Crippen molar-refractivity contribution in [2.75, 3.05) is 18.1 Å². The van der Waals surface area contributed by atoms with Gasteiger partial charge < -0.3 is 20.7 Å². The summed E-state index contributed by atoms with van der Waals surface area (Å²) in [7, 11) is 1.42. The third-order valence-electron chi connectivity index (χ3n) is 4.45. The minimum Gasteiger partial charge on any atom is -0.477 e. The van der Waals surface area contributed by atoms with E-state index in [1.54, 1.807) is 0 Å². The van der Waals surface area contributed by atoms with Crippen LogP contribution in [0.1, 0.15) is 15.9 Å². The molecule has 0 spiro atoms. The Bertz CT molecular complexity index is 1270. The molecule has 29 heavy (non-hydrogen) atoms. The fraction of sp³-hybridized carbons (Fsp3) is 0.111. The predicted molar refractivity (Wildman–Crippen MR) is 102 cm³/mol. The van der Waals surface area contributed by atoms with Gasteiger partial charge in [0.05, 0.1) is 21.7 Å². The van der Waals surface area contributed by atoms with E-state index in [0.717, 1.165) is 16.8 Å². The molecule has 1 heterocycles. The molecule has 4 N–H and O–H groups in total. The zero-order chi connectivity index (χ0) is 21.6. The smallest absolute Gasteiger partial charge is 0.341 e. The summed E-state index contributed by atoms with van der Waals surface area (Å²) in [5.74, 6) is -3.82. The van der Waals surface area contributed by atoms with Crippen LogP contribution >= 0.6 is 0 Å². The van der Waals surface area contributed by atoms with Gasteiger partial charge in [0.15, 0.2) is 0 Å². The van der Waals surface area contributed by atoms with Gasteiger partial charge in [-0.3, -0.25) is 14.9 Å². The van der Waals surface area contributed by atoms with E-state index >= 15 is 0 Å². The van der Waals surface area contributed by atoms with E-state index in [1.807, 2.05) is 0 Å². The number of pyridine rings is 1. The SMILES string of the molecule is CNc1c(C)cc2c(=O)c(C(=O)O)cn(-c3cc(N)c(F)cc3F)c2c1[N+](=O)[O-]. The molecule has 0 atom stereocenters. The molecule has 0 radical (unpaired) electrons. The average molecular weight is 404 g/mol. The maximum Gasteiger partial charge on any atom is 0.341 e. The molecule has 11 heteroatoms. The minimum atomic E-state index is -1.61. The first-order valence-corrected chi connectivity index (χ1v) is 8.11. The molecular formula is C18H14F2N4O5. The number of hydrogen-bond donors (Lipinski definition) is 3. The lowest BCUT2D eigenvalue weighted by atomic mass is 10.0. The Kier molecular flexibility index (Phi) is 4.66. The predicted octanol–water partition coefficient (Wildman–Crippen LogP) is 2.81. The summed E-state index contributed by atoms with van der Waals surface area (Å²) in [5, 5.41) is 23.5. The summed E-state index contributed by atoms with van der Waals surface area (Å²) in [6.45, 7) is 1.49. The average Bonchev–Trinajstić information content (AvgIpc) is 2.64. The molecule has 0 aliphatic carbocycles. The lowest BCUT2D eigenvalue weighted by molar-refractivity contribution is -0.382. The zero-order valence-corrected chi connectivity index (χ0v) is 15.1. The van der Waals surface area contributed by atoms with Crippen molar-refractivity contribution in [3.63, 3.8) is 0 Å². The second-order valence-corrected chi connectivity index (χ2v) is 6.19. The molecular weight excluding hydrogens is 390 g/mol. The van der Waals surface area contributed by atoms with E-state index in [9.17, 15) is 33.6 Å². The van der Waals surface area contributed by atoms with E-state index in [4.69, 9.17) is 5.73 Å². The van der Waals surface area contributed by atoms with Crippen LogP contribution in [0.2, 0.25) is 0 Å². The van der Waals surface area contributed by atoms with E-state index in [-0.39, 0.29) is 16.6 Å². The number of nitro groups is 1. The van der Waals surface area contributed by atoms with Crippen LogP contribution in [-0.2, 0) is 0 Å². The number of aryl methyl sites for hydroxylation is 1. The first kappa shape index (κ1) is 19.7. The van der Waals surface area contributed by atoms with Crippen molar-refractivity contribution in [3.8, 4) is 5.69 Å². The van der Waals surface area contributed by atoms with Gasteiger partial charge in [-0.1, -0.05) is 0 Å². The highest BCUT2D eigenvalue weighted by atomic mass is 19.1. The van der Waals surface area contributed by atoms with Crippen LogP contribution in [-0.4, -0.2) is 27.6 Å². The van der Waals surface area contributed by atoms with Gasteiger partial charge in [0.1, 0.15) is 28.4 Å². The third-order valence-corrected chi connectivity index (χ3v) is 4.45.